The maximum atomic E-state index is 12.2. The van der Waals surface area contributed by atoms with Crippen LogP contribution in [0.1, 0.15) is 20.8 Å². The van der Waals surface area contributed by atoms with E-state index in [1.54, 1.807) is 0 Å². The van der Waals surface area contributed by atoms with E-state index in [-0.39, 0.29) is 17.3 Å². The Morgan fingerprint density at radius 1 is 1.47 bits per heavy atom. The first-order chi connectivity index (χ1) is 8.82. The first-order valence-corrected chi connectivity index (χ1v) is 7.36. The monoisotopic (exact) mass is 288 g/mol. The predicted molar refractivity (Wildman–Crippen MR) is 72.9 cm³/mol. The lowest BCUT2D eigenvalue weighted by molar-refractivity contribution is -0.00515. The second-order valence-electron chi connectivity index (χ2n) is 4.51. The lowest BCUT2D eigenvalue weighted by Gasteiger charge is -2.24. The van der Waals surface area contributed by atoms with Crippen LogP contribution in [0.2, 0.25) is 0 Å². The minimum atomic E-state index is -3.69. The van der Waals surface area contributed by atoms with E-state index in [1.807, 2.05) is 20.8 Å². The number of pyridine rings is 1. The molecule has 0 bridgehead atoms. The van der Waals surface area contributed by atoms with Crippen molar-refractivity contribution < 1.29 is 13.2 Å². The zero-order valence-corrected chi connectivity index (χ0v) is 12.1. The maximum absolute atomic E-state index is 12.2. The Morgan fingerprint density at radius 2 is 2.16 bits per heavy atom. The molecule has 1 rings (SSSR count). The van der Waals surface area contributed by atoms with E-state index in [0.29, 0.717) is 6.61 Å². The van der Waals surface area contributed by atoms with Crippen LogP contribution in [0.15, 0.2) is 23.2 Å². The van der Waals surface area contributed by atoms with E-state index in [9.17, 15) is 8.42 Å². The summed E-state index contributed by atoms with van der Waals surface area (Å²) in [6, 6.07) is 2.96. The standard InChI is InChI=1S/C11H20N4O3S/c1-4-18-11(2,3)8-14-19(16,17)9-6-5-7-13-10(9)15-12/h5-7,14H,4,8,12H2,1-3H3,(H,13,15). The molecule has 0 amide bonds. The Bertz CT molecular complexity index is 516. The number of nitrogens with zero attached hydrogens (tertiary/aromatic N) is 1. The molecule has 0 spiro atoms. The number of aromatic nitrogens is 1. The molecule has 0 radical (unpaired) electrons. The predicted octanol–water partition coefficient (Wildman–Crippen LogP) is 0.461. The first kappa shape index (κ1) is 15.8. The van der Waals surface area contributed by atoms with Gasteiger partial charge < -0.3 is 10.2 Å². The Morgan fingerprint density at radius 3 is 2.74 bits per heavy atom. The van der Waals surface area contributed by atoms with Crippen LogP contribution in [0.3, 0.4) is 0 Å². The fourth-order valence-corrected chi connectivity index (χ4v) is 2.82. The highest BCUT2D eigenvalue weighted by molar-refractivity contribution is 7.89. The van der Waals surface area contributed by atoms with E-state index >= 15 is 0 Å². The zero-order chi connectivity index (χ0) is 14.5. The van der Waals surface area contributed by atoms with Gasteiger partial charge in [0.25, 0.3) is 0 Å². The van der Waals surface area contributed by atoms with Gasteiger partial charge in [-0.15, -0.1) is 0 Å². The van der Waals surface area contributed by atoms with Crippen LogP contribution < -0.4 is 16.0 Å². The van der Waals surface area contributed by atoms with Crippen molar-refractivity contribution in [3.05, 3.63) is 18.3 Å². The van der Waals surface area contributed by atoms with Crippen molar-refractivity contribution in [1.82, 2.24) is 9.71 Å². The summed E-state index contributed by atoms with van der Waals surface area (Å²) in [4.78, 5) is 3.86. The van der Waals surface area contributed by atoms with Gasteiger partial charge in [-0.2, -0.15) is 0 Å². The number of nitrogen functional groups attached to an aromatic ring is 1. The molecule has 0 aliphatic rings. The first-order valence-electron chi connectivity index (χ1n) is 5.87. The fourth-order valence-electron chi connectivity index (χ4n) is 1.50. The average molecular weight is 288 g/mol. The summed E-state index contributed by atoms with van der Waals surface area (Å²) in [6.07, 6.45) is 1.46. The average Bonchev–Trinajstić information content (AvgIpc) is 2.37. The molecule has 0 atom stereocenters. The minimum absolute atomic E-state index is 0.00444. The number of nitrogens with one attached hydrogen (secondary N) is 2. The van der Waals surface area contributed by atoms with Gasteiger partial charge in [-0.3, -0.25) is 0 Å². The number of nitrogens with two attached hydrogens (primary N) is 1. The number of hydrogen-bond donors (Lipinski definition) is 3. The fraction of sp³-hybridized carbons (Fsp3) is 0.545. The molecular weight excluding hydrogens is 268 g/mol. The van der Waals surface area contributed by atoms with Crippen LogP contribution in [-0.2, 0) is 14.8 Å². The number of sulfonamides is 1. The van der Waals surface area contributed by atoms with Crippen LogP contribution in [0.4, 0.5) is 5.82 Å². The van der Waals surface area contributed by atoms with E-state index in [4.69, 9.17) is 10.6 Å². The largest absolute Gasteiger partial charge is 0.375 e. The molecular formula is C11H20N4O3S. The summed E-state index contributed by atoms with van der Waals surface area (Å²) in [5.74, 6) is 5.35. The molecule has 0 aliphatic carbocycles. The van der Waals surface area contributed by atoms with Crippen molar-refractivity contribution in [3.8, 4) is 0 Å². The van der Waals surface area contributed by atoms with Crippen molar-refractivity contribution in [2.75, 3.05) is 18.6 Å². The maximum Gasteiger partial charge on any atom is 0.244 e. The molecule has 0 saturated carbocycles. The molecule has 8 heteroatoms. The van der Waals surface area contributed by atoms with Crippen LogP contribution in [0.25, 0.3) is 0 Å². The molecule has 0 aliphatic heterocycles. The van der Waals surface area contributed by atoms with Gasteiger partial charge in [-0.25, -0.2) is 24.0 Å². The smallest absolute Gasteiger partial charge is 0.244 e. The van der Waals surface area contributed by atoms with E-state index in [1.165, 1.54) is 18.3 Å². The summed E-state index contributed by atoms with van der Waals surface area (Å²) in [5, 5.41) is 0. The molecule has 0 saturated heterocycles. The normalized spacial score (nSPS) is 12.4. The van der Waals surface area contributed by atoms with Crippen molar-refractivity contribution in [2.24, 2.45) is 5.84 Å². The molecule has 1 heterocycles. The molecule has 0 fully saturated rings. The molecule has 1 aromatic rings. The van der Waals surface area contributed by atoms with Crippen LogP contribution >= 0.6 is 0 Å². The van der Waals surface area contributed by atoms with E-state index in [2.05, 4.69) is 15.1 Å². The van der Waals surface area contributed by atoms with Gasteiger partial charge in [-0.05, 0) is 32.9 Å². The van der Waals surface area contributed by atoms with Crippen molar-refractivity contribution in [2.45, 2.75) is 31.3 Å². The quantitative estimate of drug-likeness (QED) is 0.497. The molecule has 0 aromatic carbocycles. The number of anilines is 1. The van der Waals surface area contributed by atoms with Crippen molar-refractivity contribution in [3.63, 3.8) is 0 Å². The van der Waals surface area contributed by atoms with E-state index < -0.39 is 15.6 Å². The third-order valence-electron chi connectivity index (χ3n) is 2.42. The van der Waals surface area contributed by atoms with E-state index in [0.717, 1.165) is 0 Å². The highest BCUT2D eigenvalue weighted by atomic mass is 32.2. The Balaban J connectivity index is 2.87. The van der Waals surface area contributed by atoms with Crippen LogP contribution in [-0.4, -0.2) is 32.2 Å². The van der Waals surface area contributed by atoms with Crippen LogP contribution in [0.5, 0.6) is 0 Å². The van der Waals surface area contributed by atoms with Gasteiger partial charge >= 0.3 is 0 Å². The molecule has 108 valence electrons. The lowest BCUT2D eigenvalue weighted by Crippen LogP contribution is -2.40. The summed E-state index contributed by atoms with van der Waals surface area (Å²) in [5.41, 5.74) is 1.68. The van der Waals surface area contributed by atoms with Crippen molar-refractivity contribution >= 4 is 15.8 Å². The molecule has 0 unspecified atom stereocenters. The molecule has 4 N–H and O–H groups in total. The summed E-state index contributed by atoms with van der Waals surface area (Å²) >= 11 is 0. The lowest BCUT2D eigenvalue weighted by atomic mass is 10.1. The third-order valence-corrected chi connectivity index (χ3v) is 3.85. The Hall–Kier alpha value is -1.22. The van der Waals surface area contributed by atoms with Gasteiger partial charge in [0.05, 0.1) is 5.60 Å². The Kier molecular flexibility index (Phi) is 5.24. The number of hydrogen-bond acceptors (Lipinski definition) is 6. The summed E-state index contributed by atoms with van der Waals surface area (Å²) in [7, 11) is -3.69. The van der Waals surface area contributed by atoms with Gasteiger partial charge in [0.1, 0.15) is 4.90 Å². The highest BCUT2D eigenvalue weighted by Crippen LogP contribution is 2.17. The van der Waals surface area contributed by atoms with Crippen molar-refractivity contribution in [1.29, 1.82) is 0 Å². The van der Waals surface area contributed by atoms with Gasteiger partial charge in [0.2, 0.25) is 10.0 Å². The molecule has 1 aromatic heterocycles. The van der Waals surface area contributed by atoms with Gasteiger partial charge in [0, 0.05) is 19.3 Å². The van der Waals surface area contributed by atoms with Gasteiger partial charge in [-0.1, -0.05) is 0 Å². The number of ether oxygens (including phenoxy) is 1. The second-order valence-corrected chi connectivity index (χ2v) is 6.25. The Labute approximate surface area is 113 Å². The number of hydrazine groups is 1. The minimum Gasteiger partial charge on any atom is -0.375 e. The topological polar surface area (TPSA) is 106 Å². The molecule has 7 nitrogen and oxygen atoms in total. The number of rotatable bonds is 7. The zero-order valence-electron chi connectivity index (χ0n) is 11.3. The SMILES string of the molecule is CCOC(C)(C)CNS(=O)(=O)c1cccnc1NN. The summed E-state index contributed by atoms with van der Waals surface area (Å²) in [6.45, 7) is 6.14. The second kappa shape index (κ2) is 6.29. The summed E-state index contributed by atoms with van der Waals surface area (Å²) < 4.78 is 32.2. The van der Waals surface area contributed by atoms with Crippen LogP contribution in [0, 0.1) is 0 Å². The van der Waals surface area contributed by atoms with Gasteiger partial charge in [0.15, 0.2) is 5.82 Å². The third kappa shape index (κ3) is 4.43. The highest BCUT2D eigenvalue weighted by Gasteiger charge is 2.24. The molecule has 19 heavy (non-hydrogen) atoms.